The van der Waals surface area contributed by atoms with E-state index >= 15 is 0 Å². The topological polar surface area (TPSA) is 85.6 Å². The Morgan fingerprint density at radius 3 is 2.64 bits per heavy atom. The van der Waals surface area contributed by atoms with Gasteiger partial charge in [-0.1, -0.05) is 30.3 Å². The number of hydrogen-bond acceptors (Lipinski definition) is 4. The second-order valence-corrected chi connectivity index (χ2v) is 6.30. The molecule has 0 saturated heterocycles. The first-order valence-corrected chi connectivity index (χ1v) is 8.28. The van der Waals surface area contributed by atoms with Gasteiger partial charge in [-0.3, -0.25) is 14.1 Å². The molecule has 0 radical (unpaired) electrons. The van der Waals surface area contributed by atoms with E-state index in [9.17, 15) is 9.59 Å². The third kappa shape index (κ3) is 2.83. The number of pyridine rings is 1. The molecule has 3 aromatic rings. The molecule has 128 valence electrons. The maximum absolute atomic E-state index is 12.4. The van der Waals surface area contributed by atoms with Crippen LogP contribution in [-0.2, 0) is 24.3 Å². The van der Waals surface area contributed by atoms with E-state index in [0.717, 1.165) is 5.56 Å². The predicted octanol–water partition coefficient (Wildman–Crippen LogP) is 0.408. The third-order valence-electron chi connectivity index (χ3n) is 4.76. The zero-order valence-electron chi connectivity index (χ0n) is 13.7. The standard InChI is InChI=1S/C18H19N5O2/c19-17(24)15-11-13-5-1-2-6-14(13)12-21(15)9-10-23-18(25)22-8-4-3-7-16(22)20-23/h1-8,15H,9-12H2,(H2,19,24)/t15-/m0/s1. The van der Waals surface area contributed by atoms with Crippen LogP contribution < -0.4 is 11.4 Å². The molecule has 7 heteroatoms. The third-order valence-corrected chi connectivity index (χ3v) is 4.76. The zero-order valence-corrected chi connectivity index (χ0v) is 13.7. The lowest BCUT2D eigenvalue weighted by Gasteiger charge is -2.34. The van der Waals surface area contributed by atoms with Crippen LogP contribution in [0.3, 0.4) is 0 Å². The van der Waals surface area contributed by atoms with Gasteiger partial charge in [0.15, 0.2) is 5.65 Å². The van der Waals surface area contributed by atoms with Crippen molar-refractivity contribution < 1.29 is 4.79 Å². The minimum Gasteiger partial charge on any atom is -0.368 e. The summed E-state index contributed by atoms with van der Waals surface area (Å²) in [6.45, 7) is 1.59. The maximum Gasteiger partial charge on any atom is 0.350 e. The molecule has 3 heterocycles. The lowest BCUT2D eigenvalue weighted by molar-refractivity contribution is -0.123. The molecule has 1 aliphatic rings. The van der Waals surface area contributed by atoms with Crippen LogP contribution in [0, 0.1) is 0 Å². The summed E-state index contributed by atoms with van der Waals surface area (Å²) >= 11 is 0. The summed E-state index contributed by atoms with van der Waals surface area (Å²) in [6.07, 6.45) is 2.30. The number of nitrogens with zero attached hydrogens (tertiary/aromatic N) is 4. The fourth-order valence-electron chi connectivity index (χ4n) is 3.43. The van der Waals surface area contributed by atoms with E-state index in [2.05, 4.69) is 11.2 Å². The largest absolute Gasteiger partial charge is 0.368 e. The summed E-state index contributed by atoms with van der Waals surface area (Å²) < 4.78 is 2.95. The van der Waals surface area contributed by atoms with Gasteiger partial charge in [-0.2, -0.15) is 0 Å². The Kier molecular flexibility index (Phi) is 3.85. The molecule has 0 unspecified atom stereocenters. The number of benzene rings is 1. The molecule has 0 saturated carbocycles. The van der Waals surface area contributed by atoms with Crippen molar-refractivity contribution >= 4 is 11.6 Å². The molecule has 0 fully saturated rings. The molecule has 25 heavy (non-hydrogen) atoms. The quantitative estimate of drug-likeness (QED) is 0.747. The molecule has 0 bridgehead atoms. The Balaban J connectivity index is 1.57. The van der Waals surface area contributed by atoms with Gasteiger partial charge in [0.2, 0.25) is 5.91 Å². The molecule has 0 aliphatic carbocycles. The summed E-state index contributed by atoms with van der Waals surface area (Å²) in [4.78, 5) is 26.3. The SMILES string of the molecule is NC(=O)[C@@H]1Cc2ccccc2CN1CCn1nc2ccccn2c1=O. The van der Waals surface area contributed by atoms with Crippen LogP contribution in [0.5, 0.6) is 0 Å². The molecular formula is C18H19N5O2. The lowest BCUT2D eigenvalue weighted by Crippen LogP contribution is -2.49. The number of hydrogen-bond donors (Lipinski definition) is 1. The van der Waals surface area contributed by atoms with E-state index in [0.29, 0.717) is 31.7 Å². The van der Waals surface area contributed by atoms with Crippen LogP contribution in [0.25, 0.3) is 5.65 Å². The summed E-state index contributed by atoms with van der Waals surface area (Å²) in [5.74, 6) is -0.336. The Morgan fingerprint density at radius 2 is 1.88 bits per heavy atom. The van der Waals surface area contributed by atoms with Crippen molar-refractivity contribution in [2.45, 2.75) is 25.6 Å². The molecular weight excluding hydrogens is 318 g/mol. The van der Waals surface area contributed by atoms with E-state index in [-0.39, 0.29) is 17.6 Å². The highest BCUT2D eigenvalue weighted by Crippen LogP contribution is 2.23. The molecule has 0 spiro atoms. The summed E-state index contributed by atoms with van der Waals surface area (Å²) in [5, 5.41) is 4.34. The van der Waals surface area contributed by atoms with Crippen LogP contribution in [0.1, 0.15) is 11.1 Å². The highest BCUT2D eigenvalue weighted by Gasteiger charge is 2.29. The number of primary amides is 1. The van der Waals surface area contributed by atoms with Gasteiger partial charge < -0.3 is 5.73 Å². The number of rotatable bonds is 4. The van der Waals surface area contributed by atoms with Gasteiger partial charge in [0.1, 0.15) is 0 Å². The average molecular weight is 337 g/mol. The second-order valence-electron chi connectivity index (χ2n) is 6.30. The number of carbonyl (C=O) groups is 1. The highest BCUT2D eigenvalue weighted by molar-refractivity contribution is 5.80. The van der Waals surface area contributed by atoms with E-state index < -0.39 is 0 Å². The first-order chi connectivity index (χ1) is 12.1. The van der Waals surface area contributed by atoms with Crippen molar-refractivity contribution in [2.24, 2.45) is 5.73 Å². The van der Waals surface area contributed by atoms with Crippen molar-refractivity contribution in [2.75, 3.05) is 6.54 Å². The summed E-state index contributed by atoms with van der Waals surface area (Å²) in [5.41, 5.74) is 8.40. The Hall–Kier alpha value is -2.93. The van der Waals surface area contributed by atoms with Crippen molar-refractivity contribution in [1.29, 1.82) is 0 Å². The Bertz CT molecular complexity index is 990. The maximum atomic E-state index is 12.4. The number of amides is 1. The molecule has 7 nitrogen and oxygen atoms in total. The van der Waals surface area contributed by atoms with E-state index in [4.69, 9.17) is 5.73 Å². The van der Waals surface area contributed by atoms with Crippen LogP contribution >= 0.6 is 0 Å². The highest BCUT2D eigenvalue weighted by atomic mass is 16.2. The molecule has 2 aromatic heterocycles. The second kappa shape index (κ2) is 6.18. The normalized spacial score (nSPS) is 17.5. The van der Waals surface area contributed by atoms with E-state index in [1.165, 1.54) is 14.6 Å². The Morgan fingerprint density at radius 1 is 1.12 bits per heavy atom. The van der Waals surface area contributed by atoms with Crippen LogP contribution in [0.2, 0.25) is 0 Å². The molecule has 1 aliphatic heterocycles. The van der Waals surface area contributed by atoms with Crippen molar-refractivity contribution in [1.82, 2.24) is 19.1 Å². The van der Waals surface area contributed by atoms with Crippen molar-refractivity contribution in [3.8, 4) is 0 Å². The van der Waals surface area contributed by atoms with Gasteiger partial charge in [-0.25, -0.2) is 9.48 Å². The first kappa shape index (κ1) is 15.6. The first-order valence-electron chi connectivity index (χ1n) is 8.28. The minimum atomic E-state index is -0.359. The van der Waals surface area contributed by atoms with Crippen LogP contribution in [-0.4, -0.2) is 37.6 Å². The minimum absolute atomic E-state index is 0.177. The number of fused-ring (bicyclic) bond motifs is 2. The van der Waals surface area contributed by atoms with E-state index in [1.54, 1.807) is 18.3 Å². The fraction of sp³-hybridized carbons (Fsp3) is 0.278. The smallest absolute Gasteiger partial charge is 0.350 e. The molecule has 1 aromatic carbocycles. The van der Waals surface area contributed by atoms with E-state index in [1.807, 2.05) is 29.2 Å². The average Bonchev–Trinajstić information content (AvgIpc) is 2.95. The number of carbonyl (C=O) groups excluding carboxylic acids is 1. The van der Waals surface area contributed by atoms with Crippen molar-refractivity contribution in [3.05, 3.63) is 70.3 Å². The molecule has 2 N–H and O–H groups in total. The van der Waals surface area contributed by atoms with Crippen LogP contribution in [0.15, 0.2) is 53.5 Å². The van der Waals surface area contributed by atoms with Gasteiger partial charge in [0.05, 0.1) is 12.6 Å². The lowest BCUT2D eigenvalue weighted by atomic mass is 9.93. The monoisotopic (exact) mass is 337 g/mol. The Labute approximate surface area is 144 Å². The predicted molar refractivity (Wildman–Crippen MR) is 93.0 cm³/mol. The van der Waals surface area contributed by atoms with Gasteiger partial charge >= 0.3 is 5.69 Å². The molecule has 4 rings (SSSR count). The summed E-state index contributed by atoms with van der Waals surface area (Å²) in [6, 6.07) is 13.1. The number of aromatic nitrogens is 3. The van der Waals surface area contributed by atoms with Gasteiger partial charge in [-0.15, -0.1) is 5.10 Å². The van der Waals surface area contributed by atoms with Crippen LogP contribution in [0.4, 0.5) is 0 Å². The van der Waals surface area contributed by atoms with Gasteiger partial charge in [-0.05, 0) is 29.7 Å². The zero-order chi connectivity index (χ0) is 17.4. The number of nitrogens with two attached hydrogens (primary N) is 1. The fourth-order valence-corrected chi connectivity index (χ4v) is 3.43. The van der Waals surface area contributed by atoms with Crippen molar-refractivity contribution in [3.63, 3.8) is 0 Å². The van der Waals surface area contributed by atoms with Gasteiger partial charge in [0, 0.05) is 19.3 Å². The summed E-state index contributed by atoms with van der Waals surface area (Å²) in [7, 11) is 0. The molecule has 1 atom stereocenters. The van der Waals surface area contributed by atoms with Gasteiger partial charge in [0.25, 0.3) is 0 Å². The molecule has 1 amide bonds.